The minimum Gasteiger partial charge on any atom is -0.361 e. The molecule has 1 aliphatic carbocycles. The Bertz CT molecular complexity index is 1370. The third kappa shape index (κ3) is 4.78. The van der Waals surface area contributed by atoms with Crippen molar-refractivity contribution < 1.29 is 9.59 Å². The Hall–Kier alpha value is -3.86. The van der Waals surface area contributed by atoms with Gasteiger partial charge in [-0.1, -0.05) is 48.5 Å². The molecule has 0 radical (unpaired) electrons. The molecule has 1 saturated carbocycles. The van der Waals surface area contributed by atoms with E-state index in [0.717, 1.165) is 54.6 Å². The van der Waals surface area contributed by atoms with Gasteiger partial charge < -0.3 is 14.8 Å². The third-order valence-electron chi connectivity index (χ3n) is 7.52. The van der Waals surface area contributed by atoms with Gasteiger partial charge in [0.15, 0.2) is 0 Å². The molecule has 6 rings (SSSR count). The average Bonchev–Trinajstić information content (AvgIpc) is 3.48. The van der Waals surface area contributed by atoms with Gasteiger partial charge in [-0.2, -0.15) is 0 Å². The van der Waals surface area contributed by atoms with Gasteiger partial charge in [-0.15, -0.1) is 0 Å². The number of hydrogen-bond acceptors (Lipinski definition) is 2. The van der Waals surface area contributed by atoms with Crippen LogP contribution in [-0.4, -0.2) is 46.2 Å². The topological polar surface area (TPSA) is 56.4 Å². The van der Waals surface area contributed by atoms with E-state index in [4.69, 9.17) is 0 Å². The lowest BCUT2D eigenvalue weighted by molar-refractivity contribution is -0.131. The van der Waals surface area contributed by atoms with Crippen LogP contribution in [0.15, 0.2) is 85.1 Å². The zero-order chi connectivity index (χ0) is 24.5. The summed E-state index contributed by atoms with van der Waals surface area (Å²) in [6, 6.07) is 26.5. The fraction of sp³-hybridized carbons (Fsp3) is 0.290. The van der Waals surface area contributed by atoms with E-state index < -0.39 is 0 Å². The molecular weight excluding hydrogens is 446 g/mol. The van der Waals surface area contributed by atoms with Crippen LogP contribution in [0.25, 0.3) is 22.0 Å². The van der Waals surface area contributed by atoms with Crippen LogP contribution in [0.3, 0.4) is 0 Å². The molecule has 0 bridgehead atoms. The van der Waals surface area contributed by atoms with Crippen molar-refractivity contribution in [2.24, 2.45) is 11.8 Å². The number of aromatic amines is 1. The predicted molar refractivity (Wildman–Crippen MR) is 142 cm³/mol. The summed E-state index contributed by atoms with van der Waals surface area (Å²) in [5, 5.41) is 1.17. The second-order valence-electron chi connectivity index (χ2n) is 10.2. The van der Waals surface area contributed by atoms with Crippen LogP contribution >= 0.6 is 0 Å². The number of carbonyl (C=O) groups excluding carboxylic acids is 2. The maximum absolute atomic E-state index is 13.7. The summed E-state index contributed by atoms with van der Waals surface area (Å²) >= 11 is 0. The summed E-state index contributed by atoms with van der Waals surface area (Å²) < 4.78 is 0. The van der Waals surface area contributed by atoms with Crippen LogP contribution in [0.5, 0.6) is 0 Å². The van der Waals surface area contributed by atoms with Gasteiger partial charge in [-0.05, 0) is 77.6 Å². The molecule has 5 heteroatoms. The van der Waals surface area contributed by atoms with Crippen LogP contribution in [-0.2, 0) is 11.3 Å². The molecule has 2 aliphatic rings. The van der Waals surface area contributed by atoms with Gasteiger partial charge in [0.2, 0.25) is 5.91 Å². The summed E-state index contributed by atoms with van der Waals surface area (Å²) in [4.78, 5) is 33.4. The maximum atomic E-state index is 13.7. The molecule has 36 heavy (non-hydrogen) atoms. The van der Waals surface area contributed by atoms with Gasteiger partial charge in [0.1, 0.15) is 0 Å². The number of fused-ring (bicyclic) bond motifs is 1. The molecule has 5 nitrogen and oxygen atoms in total. The largest absolute Gasteiger partial charge is 0.361 e. The molecule has 0 spiro atoms. The summed E-state index contributed by atoms with van der Waals surface area (Å²) in [6.07, 6.45) is 4.97. The van der Waals surface area contributed by atoms with Crippen molar-refractivity contribution in [3.05, 3.63) is 96.2 Å². The molecule has 0 unspecified atom stereocenters. The second kappa shape index (κ2) is 9.65. The molecule has 2 heterocycles. The van der Waals surface area contributed by atoms with E-state index >= 15 is 0 Å². The van der Waals surface area contributed by atoms with E-state index in [2.05, 4.69) is 41.4 Å². The first kappa shape index (κ1) is 22.6. The van der Waals surface area contributed by atoms with Crippen molar-refractivity contribution in [1.82, 2.24) is 14.8 Å². The molecule has 3 aromatic carbocycles. The van der Waals surface area contributed by atoms with E-state index in [1.807, 2.05) is 58.5 Å². The Morgan fingerprint density at radius 1 is 0.889 bits per heavy atom. The molecule has 182 valence electrons. The molecule has 4 aromatic rings. The Morgan fingerprint density at radius 2 is 1.67 bits per heavy atom. The number of aromatic nitrogens is 1. The third-order valence-corrected chi connectivity index (χ3v) is 7.52. The van der Waals surface area contributed by atoms with Gasteiger partial charge in [-0.3, -0.25) is 9.59 Å². The van der Waals surface area contributed by atoms with Crippen LogP contribution in [0, 0.1) is 11.8 Å². The Labute approximate surface area is 211 Å². The number of H-pyrrole nitrogens is 1. The molecule has 1 aliphatic heterocycles. The number of benzene rings is 3. The number of nitrogens with zero attached hydrogens (tertiary/aromatic N) is 2. The summed E-state index contributed by atoms with van der Waals surface area (Å²) in [5.74, 6) is 0.917. The normalized spacial score (nSPS) is 17.4. The number of carbonyl (C=O) groups is 2. The summed E-state index contributed by atoms with van der Waals surface area (Å²) in [6.45, 7) is 2.80. The lowest BCUT2D eigenvalue weighted by atomic mass is 10.0. The lowest BCUT2D eigenvalue weighted by Crippen LogP contribution is -2.37. The van der Waals surface area contributed by atoms with Crippen LogP contribution in [0.2, 0.25) is 0 Å². The minimum absolute atomic E-state index is 0.0402. The zero-order valence-electron chi connectivity index (χ0n) is 20.4. The van der Waals surface area contributed by atoms with Crippen molar-refractivity contribution in [1.29, 1.82) is 0 Å². The predicted octanol–water partition coefficient (Wildman–Crippen LogP) is 5.74. The molecular formula is C31H31N3O2. The summed E-state index contributed by atoms with van der Waals surface area (Å²) in [5.41, 5.74) is 5.15. The molecule has 1 saturated heterocycles. The second-order valence-corrected chi connectivity index (χ2v) is 10.2. The molecule has 2 fully saturated rings. The van der Waals surface area contributed by atoms with Gasteiger partial charge in [0.05, 0.1) is 0 Å². The van der Waals surface area contributed by atoms with Crippen molar-refractivity contribution in [3.8, 4) is 11.1 Å². The first-order valence-corrected chi connectivity index (χ1v) is 12.9. The van der Waals surface area contributed by atoms with Crippen molar-refractivity contribution in [2.45, 2.75) is 25.8 Å². The lowest BCUT2D eigenvalue weighted by Gasteiger charge is -2.26. The fourth-order valence-corrected chi connectivity index (χ4v) is 5.33. The SMILES string of the molecule is O=C(c1ccc(-c2ccc3[nH]ccc3c2)cc1)N(Cc1ccccc1)C[C@@H]1CCN(C(=O)C2CC2)C1. The monoisotopic (exact) mass is 477 g/mol. The Kier molecular flexibility index (Phi) is 6.06. The Morgan fingerprint density at radius 3 is 2.44 bits per heavy atom. The van der Waals surface area contributed by atoms with Crippen LogP contribution in [0.1, 0.15) is 35.2 Å². The van der Waals surface area contributed by atoms with Gasteiger partial charge in [0.25, 0.3) is 5.91 Å². The number of rotatable bonds is 7. The molecule has 2 amide bonds. The van der Waals surface area contributed by atoms with E-state index in [9.17, 15) is 9.59 Å². The number of hydrogen-bond donors (Lipinski definition) is 1. The van der Waals surface area contributed by atoms with Crippen LogP contribution in [0.4, 0.5) is 0 Å². The number of amides is 2. The van der Waals surface area contributed by atoms with Crippen molar-refractivity contribution >= 4 is 22.7 Å². The van der Waals surface area contributed by atoms with E-state index in [1.165, 1.54) is 5.39 Å². The smallest absolute Gasteiger partial charge is 0.254 e. The highest BCUT2D eigenvalue weighted by molar-refractivity contribution is 5.95. The Balaban J connectivity index is 1.19. The van der Waals surface area contributed by atoms with E-state index in [0.29, 0.717) is 30.5 Å². The fourth-order valence-electron chi connectivity index (χ4n) is 5.33. The minimum atomic E-state index is 0.0402. The molecule has 1 atom stereocenters. The number of nitrogens with one attached hydrogen (secondary N) is 1. The van der Waals surface area contributed by atoms with Gasteiger partial charge >= 0.3 is 0 Å². The van der Waals surface area contributed by atoms with Gasteiger partial charge in [0, 0.05) is 49.4 Å². The van der Waals surface area contributed by atoms with Crippen molar-refractivity contribution in [2.75, 3.05) is 19.6 Å². The number of likely N-dealkylation sites (tertiary alicyclic amines) is 1. The first-order valence-electron chi connectivity index (χ1n) is 12.9. The highest BCUT2D eigenvalue weighted by Gasteiger charge is 2.37. The molecule has 1 N–H and O–H groups in total. The van der Waals surface area contributed by atoms with E-state index in [-0.39, 0.29) is 11.8 Å². The maximum Gasteiger partial charge on any atom is 0.254 e. The summed E-state index contributed by atoms with van der Waals surface area (Å²) in [7, 11) is 0. The van der Waals surface area contributed by atoms with E-state index in [1.54, 1.807) is 0 Å². The highest BCUT2D eigenvalue weighted by atomic mass is 16.2. The average molecular weight is 478 g/mol. The highest BCUT2D eigenvalue weighted by Crippen LogP contribution is 2.33. The standard InChI is InChI=1S/C31H31N3O2/c35-30(25-10-11-25)33-17-15-23(20-33)21-34(19-22-4-2-1-3-5-22)31(36)26-8-6-24(7-9-26)27-12-13-29-28(18-27)14-16-32-29/h1-9,12-14,16,18,23,25,32H,10-11,15,17,19-21H2/t23-/m1/s1. The van der Waals surface area contributed by atoms with Gasteiger partial charge in [-0.25, -0.2) is 0 Å². The quantitative estimate of drug-likeness (QED) is 0.369. The van der Waals surface area contributed by atoms with Crippen molar-refractivity contribution in [3.63, 3.8) is 0 Å². The van der Waals surface area contributed by atoms with Crippen LogP contribution < -0.4 is 0 Å². The molecule has 1 aromatic heterocycles. The first-order chi connectivity index (χ1) is 17.6. The zero-order valence-corrected chi connectivity index (χ0v) is 20.4.